The molecule has 2 aliphatic rings. The lowest BCUT2D eigenvalue weighted by Crippen LogP contribution is -2.21. The number of halogens is 2. The molecular formula is C18H17Cl2N3O2. The van der Waals surface area contributed by atoms with E-state index in [4.69, 9.17) is 27.9 Å². The molecule has 2 aliphatic carbocycles. The molecule has 1 N–H and O–H groups in total. The van der Waals surface area contributed by atoms with E-state index in [9.17, 15) is 4.79 Å². The van der Waals surface area contributed by atoms with Crippen LogP contribution in [0.1, 0.15) is 53.5 Å². The minimum atomic E-state index is -0.548. The summed E-state index contributed by atoms with van der Waals surface area (Å²) >= 11 is 12.4. The summed E-state index contributed by atoms with van der Waals surface area (Å²) < 4.78 is 4.81. The van der Waals surface area contributed by atoms with Gasteiger partial charge in [0.05, 0.1) is 12.6 Å². The lowest BCUT2D eigenvalue weighted by Gasteiger charge is -2.20. The monoisotopic (exact) mass is 377 g/mol. The molecule has 7 heteroatoms. The summed E-state index contributed by atoms with van der Waals surface area (Å²) in [5, 5.41) is 4.34. The van der Waals surface area contributed by atoms with E-state index >= 15 is 0 Å². The molecule has 0 atom stereocenters. The summed E-state index contributed by atoms with van der Waals surface area (Å²) in [6.07, 6.45) is 3.98. The van der Waals surface area contributed by atoms with Crippen molar-refractivity contribution in [3.05, 3.63) is 51.4 Å². The van der Waals surface area contributed by atoms with E-state index < -0.39 is 5.97 Å². The van der Waals surface area contributed by atoms with Gasteiger partial charge in [-0.1, -0.05) is 35.3 Å². The fraction of sp³-hybridized carbons (Fsp3) is 0.389. The quantitative estimate of drug-likeness (QED) is 0.774. The average Bonchev–Trinajstić information content (AvgIpc) is 3.51. The zero-order valence-electron chi connectivity index (χ0n) is 13.7. The molecule has 1 heterocycles. The Bertz CT molecular complexity index is 831. The molecular weight excluding hydrogens is 361 g/mol. The first-order chi connectivity index (χ1) is 12.0. The number of carbonyl (C=O) groups excluding carboxylic acids is 1. The number of anilines is 1. The van der Waals surface area contributed by atoms with Gasteiger partial charge in [0, 0.05) is 10.9 Å². The van der Waals surface area contributed by atoms with Gasteiger partial charge < -0.3 is 10.1 Å². The predicted octanol–water partition coefficient (Wildman–Crippen LogP) is 4.55. The molecule has 2 saturated carbocycles. The van der Waals surface area contributed by atoms with Gasteiger partial charge >= 0.3 is 5.97 Å². The third-order valence-electron chi connectivity index (χ3n) is 4.69. The Balaban J connectivity index is 1.71. The molecule has 5 nitrogen and oxygen atoms in total. The van der Waals surface area contributed by atoms with E-state index in [0.29, 0.717) is 22.6 Å². The Kier molecular flexibility index (Phi) is 4.08. The van der Waals surface area contributed by atoms with Crippen molar-refractivity contribution in [3.8, 4) is 0 Å². The van der Waals surface area contributed by atoms with Crippen molar-refractivity contribution in [3.63, 3.8) is 0 Å². The Hall–Kier alpha value is -1.85. The third-order valence-corrected chi connectivity index (χ3v) is 5.30. The predicted molar refractivity (Wildman–Crippen MR) is 96.3 cm³/mol. The van der Waals surface area contributed by atoms with Crippen molar-refractivity contribution >= 4 is 35.0 Å². The number of rotatable bonds is 5. The second kappa shape index (κ2) is 6.15. The van der Waals surface area contributed by atoms with Crippen LogP contribution in [0.15, 0.2) is 24.3 Å². The lowest BCUT2D eigenvalue weighted by molar-refractivity contribution is 0.0593. The summed E-state index contributed by atoms with van der Waals surface area (Å²) in [5.74, 6) is 0.895. The van der Waals surface area contributed by atoms with Crippen LogP contribution in [0, 0.1) is 0 Å². The van der Waals surface area contributed by atoms with Crippen molar-refractivity contribution < 1.29 is 9.53 Å². The Morgan fingerprint density at radius 3 is 2.44 bits per heavy atom. The molecule has 1 aromatic heterocycles. The summed E-state index contributed by atoms with van der Waals surface area (Å²) in [6.45, 7) is 0. The maximum atomic E-state index is 12.0. The molecule has 0 amide bonds. The van der Waals surface area contributed by atoms with Gasteiger partial charge in [-0.2, -0.15) is 0 Å². The molecule has 0 saturated heterocycles. The zero-order valence-corrected chi connectivity index (χ0v) is 15.2. The second-order valence-corrected chi connectivity index (χ2v) is 7.39. The van der Waals surface area contributed by atoms with E-state index in [0.717, 1.165) is 31.2 Å². The van der Waals surface area contributed by atoms with Gasteiger partial charge in [0.15, 0.2) is 5.69 Å². The molecule has 0 radical (unpaired) electrons. The maximum absolute atomic E-state index is 12.0. The highest BCUT2D eigenvalue weighted by molar-refractivity contribution is 6.35. The first kappa shape index (κ1) is 16.6. The minimum absolute atomic E-state index is 0.121. The summed E-state index contributed by atoms with van der Waals surface area (Å²) in [5.41, 5.74) is 1.02. The fourth-order valence-electron chi connectivity index (χ4n) is 2.91. The molecule has 0 aliphatic heterocycles. The van der Waals surface area contributed by atoms with Crippen molar-refractivity contribution in [2.45, 2.75) is 37.1 Å². The van der Waals surface area contributed by atoms with E-state index in [1.165, 1.54) is 7.11 Å². The average molecular weight is 378 g/mol. The number of nitrogens with zero attached hydrogens (tertiary/aromatic N) is 2. The number of esters is 1. The van der Waals surface area contributed by atoms with Crippen LogP contribution in [0.4, 0.5) is 5.82 Å². The van der Waals surface area contributed by atoms with Gasteiger partial charge in [0.2, 0.25) is 0 Å². The molecule has 2 fully saturated rings. The van der Waals surface area contributed by atoms with Gasteiger partial charge in [0.1, 0.15) is 16.7 Å². The third kappa shape index (κ3) is 3.18. The lowest BCUT2D eigenvalue weighted by atomic mass is 10.1. The Labute approximate surface area is 155 Å². The smallest absolute Gasteiger partial charge is 0.358 e. The number of methoxy groups -OCH3 is 1. The number of hydrogen-bond acceptors (Lipinski definition) is 5. The standard InChI is InChI=1S/C18H17Cl2N3O2/c1-25-17(24)14-13(20)16(22-15(21-14)10-2-3-10)23-18(8-9-18)11-4-6-12(19)7-5-11/h4-7,10H,2-3,8-9H2,1H3,(H,21,22,23). The molecule has 130 valence electrons. The number of ether oxygens (including phenoxy) is 1. The Morgan fingerprint density at radius 2 is 1.88 bits per heavy atom. The van der Waals surface area contributed by atoms with E-state index in [-0.39, 0.29) is 16.3 Å². The summed E-state index contributed by atoms with van der Waals surface area (Å²) in [6, 6.07) is 7.74. The number of hydrogen-bond donors (Lipinski definition) is 1. The maximum Gasteiger partial charge on any atom is 0.358 e. The Morgan fingerprint density at radius 1 is 1.20 bits per heavy atom. The van der Waals surface area contributed by atoms with Crippen LogP contribution in [-0.4, -0.2) is 23.0 Å². The van der Waals surface area contributed by atoms with Crippen molar-refractivity contribution in [2.75, 3.05) is 12.4 Å². The molecule has 0 unspecified atom stereocenters. The SMILES string of the molecule is COC(=O)c1nc(C2CC2)nc(NC2(c3ccc(Cl)cc3)CC2)c1Cl. The summed E-state index contributed by atoms with van der Waals surface area (Å²) in [4.78, 5) is 20.9. The highest BCUT2D eigenvalue weighted by Crippen LogP contribution is 2.49. The highest BCUT2D eigenvalue weighted by Gasteiger charge is 2.45. The normalized spacial score (nSPS) is 17.9. The van der Waals surface area contributed by atoms with Gasteiger partial charge in [-0.3, -0.25) is 0 Å². The first-order valence-corrected chi connectivity index (χ1v) is 8.98. The number of benzene rings is 1. The molecule has 25 heavy (non-hydrogen) atoms. The van der Waals surface area contributed by atoms with Crippen molar-refractivity contribution in [1.29, 1.82) is 0 Å². The topological polar surface area (TPSA) is 64.1 Å². The van der Waals surface area contributed by atoms with E-state index in [2.05, 4.69) is 15.3 Å². The zero-order chi connectivity index (χ0) is 17.6. The molecule has 0 bridgehead atoms. The van der Waals surface area contributed by atoms with Gasteiger partial charge in [-0.05, 0) is 43.4 Å². The molecule has 2 aromatic rings. The number of aromatic nitrogens is 2. The molecule has 1 aromatic carbocycles. The first-order valence-electron chi connectivity index (χ1n) is 8.22. The van der Waals surface area contributed by atoms with Gasteiger partial charge in [-0.15, -0.1) is 0 Å². The number of nitrogens with one attached hydrogen (secondary N) is 1. The van der Waals surface area contributed by atoms with E-state index in [1.807, 2.05) is 24.3 Å². The minimum Gasteiger partial charge on any atom is -0.464 e. The highest BCUT2D eigenvalue weighted by atomic mass is 35.5. The summed E-state index contributed by atoms with van der Waals surface area (Å²) in [7, 11) is 1.32. The van der Waals surface area contributed by atoms with Crippen LogP contribution >= 0.6 is 23.2 Å². The van der Waals surface area contributed by atoms with Gasteiger partial charge in [-0.25, -0.2) is 14.8 Å². The van der Waals surface area contributed by atoms with Crippen LogP contribution in [0.5, 0.6) is 0 Å². The van der Waals surface area contributed by atoms with Crippen LogP contribution in [0.2, 0.25) is 10.0 Å². The van der Waals surface area contributed by atoms with Crippen LogP contribution < -0.4 is 5.32 Å². The second-order valence-electron chi connectivity index (χ2n) is 6.57. The van der Waals surface area contributed by atoms with Crippen molar-refractivity contribution in [2.24, 2.45) is 0 Å². The van der Waals surface area contributed by atoms with Crippen LogP contribution in [0.3, 0.4) is 0 Å². The fourth-order valence-corrected chi connectivity index (χ4v) is 3.24. The van der Waals surface area contributed by atoms with Gasteiger partial charge in [0.25, 0.3) is 0 Å². The van der Waals surface area contributed by atoms with Crippen LogP contribution in [-0.2, 0) is 10.3 Å². The van der Waals surface area contributed by atoms with E-state index in [1.54, 1.807) is 0 Å². The molecule has 4 rings (SSSR count). The number of carbonyl (C=O) groups is 1. The van der Waals surface area contributed by atoms with Crippen LogP contribution in [0.25, 0.3) is 0 Å². The van der Waals surface area contributed by atoms with Crippen molar-refractivity contribution in [1.82, 2.24) is 9.97 Å². The molecule has 0 spiro atoms. The largest absolute Gasteiger partial charge is 0.464 e.